The lowest BCUT2D eigenvalue weighted by Crippen LogP contribution is -2.49. The Morgan fingerprint density at radius 2 is 1.40 bits per heavy atom. The van der Waals surface area contributed by atoms with Crippen LogP contribution in [0.4, 0.5) is 0 Å². The second-order valence-corrected chi connectivity index (χ2v) is 6.83. The van der Waals surface area contributed by atoms with Gasteiger partial charge in [0.05, 0.1) is 0 Å². The quantitative estimate of drug-likeness (QED) is 0.467. The van der Waals surface area contributed by atoms with Crippen LogP contribution in [-0.2, 0) is 14.4 Å². The molecule has 0 aromatic heterocycles. The maximum Gasteiger partial charge on any atom is 0.325 e. The number of carboxylic acids is 1. The number of aliphatic carboxylic acids is 1. The zero-order chi connectivity index (χ0) is 19.2. The highest BCUT2D eigenvalue weighted by molar-refractivity contribution is 5.89. The van der Waals surface area contributed by atoms with E-state index in [2.05, 4.69) is 12.2 Å². The van der Waals surface area contributed by atoms with E-state index in [1.807, 2.05) is 0 Å². The molecular formula is C19H36N2O4. The van der Waals surface area contributed by atoms with Crippen LogP contribution in [0.25, 0.3) is 0 Å². The first kappa shape index (κ1) is 23.4. The Morgan fingerprint density at radius 3 is 1.88 bits per heavy atom. The third-order valence-electron chi connectivity index (χ3n) is 4.58. The molecule has 0 aliphatic rings. The smallest absolute Gasteiger partial charge is 0.325 e. The van der Waals surface area contributed by atoms with Gasteiger partial charge in [-0.25, -0.2) is 0 Å². The summed E-state index contributed by atoms with van der Waals surface area (Å²) in [6.45, 7) is 5.22. The van der Waals surface area contributed by atoms with Gasteiger partial charge in [0.1, 0.15) is 12.1 Å². The van der Waals surface area contributed by atoms with E-state index in [1.54, 1.807) is 14.0 Å². The van der Waals surface area contributed by atoms with E-state index in [0.29, 0.717) is 6.42 Å². The van der Waals surface area contributed by atoms with Gasteiger partial charge in [-0.05, 0) is 20.3 Å². The summed E-state index contributed by atoms with van der Waals surface area (Å²) in [7, 11) is 1.59. The van der Waals surface area contributed by atoms with Gasteiger partial charge >= 0.3 is 5.97 Å². The number of amides is 2. The first-order chi connectivity index (χ1) is 11.8. The van der Waals surface area contributed by atoms with E-state index in [0.717, 1.165) is 19.3 Å². The molecule has 0 rings (SSSR count). The third kappa shape index (κ3) is 10.8. The van der Waals surface area contributed by atoms with Crippen molar-refractivity contribution in [3.05, 3.63) is 0 Å². The van der Waals surface area contributed by atoms with Gasteiger partial charge < -0.3 is 15.3 Å². The number of carbonyl (C=O) groups is 3. The molecule has 2 N–H and O–H groups in total. The molecule has 0 aliphatic carbocycles. The lowest BCUT2D eigenvalue weighted by Gasteiger charge is -2.25. The number of likely N-dealkylation sites (N-methyl/N-ethyl adjacent to an activating group) is 1. The van der Waals surface area contributed by atoms with Crippen LogP contribution in [0.1, 0.15) is 85.0 Å². The largest absolute Gasteiger partial charge is 0.480 e. The van der Waals surface area contributed by atoms with Crippen molar-refractivity contribution in [2.45, 2.75) is 97.1 Å². The SMILES string of the molecule is CCCCCCCCCCCC(=O)N(C)[C@@H](C)C(=O)N[C@@H](C)C(=O)O. The molecule has 0 saturated carbocycles. The second kappa shape index (κ2) is 13.7. The number of hydrogen-bond donors (Lipinski definition) is 2. The second-order valence-electron chi connectivity index (χ2n) is 6.83. The molecule has 0 bridgehead atoms. The number of rotatable bonds is 14. The van der Waals surface area contributed by atoms with Crippen molar-refractivity contribution in [1.82, 2.24) is 10.2 Å². The Morgan fingerprint density at radius 1 is 0.920 bits per heavy atom. The van der Waals surface area contributed by atoms with Crippen LogP contribution < -0.4 is 5.32 Å². The monoisotopic (exact) mass is 356 g/mol. The maximum absolute atomic E-state index is 12.1. The number of nitrogens with one attached hydrogen (secondary N) is 1. The molecule has 0 radical (unpaired) electrons. The number of unbranched alkanes of at least 4 members (excludes halogenated alkanes) is 8. The number of hydrogen-bond acceptors (Lipinski definition) is 3. The topological polar surface area (TPSA) is 86.7 Å². The number of nitrogens with zero attached hydrogens (tertiary/aromatic N) is 1. The Balaban J connectivity index is 3.90. The minimum atomic E-state index is -1.09. The van der Waals surface area contributed by atoms with Gasteiger partial charge in [0, 0.05) is 13.5 Å². The van der Waals surface area contributed by atoms with Crippen LogP contribution in [0.15, 0.2) is 0 Å². The van der Waals surface area contributed by atoms with E-state index < -0.39 is 24.0 Å². The summed E-state index contributed by atoms with van der Waals surface area (Å²) in [5.74, 6) is -1.62. The molecule has 0 aromatic rings. The van der Waals surface area contributed by atoms with Gasteiger partial charge in [-0.3, -0.25) is 14.4 Å². The van der Waals surface area contributed by atoms with E-state index in [9.17, 15) is 14.4 Å². The van der Waals surface area contributed by atoms with Crippen molar-refractivity contribution in [1.29, 1.82) is 0 Å². The predicted molar refractivity (Wildman–Crippen MR) is 99.3 cm³/mol. The molecule has 0 spiro atoms. The fraction of sp³-hybridized carbons (Fsp3) is 0.842. The fourth-order valence-electron chi connectivity index (χ4n) is 2.55. The molecule has 0 fully saturated rings. The normalized spacial score (nSPS) is 13.1. The van der Waals surface area contributed by atoms with Gasteiger partial charge in [-0.15, -0.1) is 0 Å². The van der Waals surface area contributed by atoms with E-state index in [1.165, 1.54) is 50.3 Å². The molecule has 6 heteroatoms. The van der Waals surface area contributed by atoms with Crippen molar-refractivity contribution in [3.8, 4) is 0 Å². The molecule has 0 aromatic carbocycles. The summed E-state index contributed by atoms with van der Waals surface area (Å²) in [6.07, 6.45) is 11.1. The van der Waals surface area contributed by atoms with Crippen molar-refractivity contribution >= 4 is 17.8 Å². The number of carbonyl (C=O) groups excluding carboxylic acids is 2. The first-order valence-corrected chi connectivity index (χ1v) is 9.60. The summed E-state index contributed by atoms with van der Waals surface area (Å²) < 4.78 is 0. The molecule has 0 saturated heterocycles. The highest BCUT2D eigenvalue weighted by atomic mass is 16.4. The average molecular weight is 357 g/mol. The standard InChI is InChI=1S/C19H36N2O4/c1-5-6-7-8-9-10-11-12-13-14-17(22)21(4)16(3)18(23)20-15(2)19(24)25/h15-16H,5-14H2,1-4H3,(H,20,23)(H,24,25)/t15-,16-/m0/s1. The van der Waals surface area contributed by atoms with Crippen molar-refractivity contribution in [2.75, 3.05) is 7.05 Å². The highest BCUT2D eigenvalue weighted by Crippen LogP contribution is 2.11. The highest BCUT2D eigenvalue weighted by Gasteiger charge is 2.24. The zero-order valence-corrected chi connectivity index (χ0v) is 16.3. The lowest BCUT2D eigenvalue weighted by molar-refractivity contribution is -0.143. The van der Waals surface area contributed by atoms with Gasteiger partial charge in [0.15, 0.2) is 0 Å². The molecular weight excluding hydrogens is 320 g/mol. The zero-order valence-electron chi connectivity index (χ0n) is 16.3. The van der Waals surface area contributed by atoms with Gasteiger partial charge in [-0.1, -0.05) is 58.3 Å². The summed E-state index contributed by atoms with van der Waals surface area (Å²) in [4.78, 5) is 36.3. The Labute approximate surface area is 152 Å². The number of carboxylic acid groups (broad SMARTS) is 1. The Hall–Kier alpha value is -1.59. The molecule has 0 heterocycles. The molecule has 6 nitrogen and oxygen atoms in total. The van der Waals surface area contributed by atoms with Crippen LogP contribution in [0.5, 0.6) is 0 Å². The van der Waals surface area contributed by atoms with E-state index in [4.69, 9.17) is 5.11 Å². The maximum atomic E-state index is 12.1. The summed E-state index contributed by atoms with van der Waals surface area (Å²) >= 11 is 0. The van der Waals surface area contributed by atoms with E-state index in [-0.39, 0.29) is 5.91 Å². The lowest BCUT2D eigenvalue weighted by atomic mass is 10.1. The molecule has 2 amide bonds. The van der Waals surface area contributed by atoms with E-state index >= 15 is 0 Å². The molecule has 146 valence electrons. The van der Waals surface area contributed by atoms with Crippen LogP contribution in [0.3, 0.4) is 0 Å². The molecule has 0 aliphatic heterocycles. The molecule has 2 atom stereocenters. The first-order valence-electron chi connectivity index (χ1n) is 9.60. The summed E-state index contributed by atoms with van der Waals surface area (Å²) in [6, 6.07) is -1.64. The van der Waals surface area contributed by atoms with Crippen molar-refractivity contribution < 1.29 is 19.5 Å². The van der Waals surface area contributed by atoms with Gasteiger partial charge in [0.25, 0.3) is 0 Å². The fourth-order valence-corrected chi connectivity index (χ4v) is 2.55. The van der Waals surface area contributed by atoms with Crippen molar-refractivity contribution in [2.24, 2.45) is 0 Å². The van der Waals surface area contributed by atoms with Gasteiger partial charge in [0.2, 0.25) is 11.8 Å². The molecule has 25 heavy (non-hydrogen) atoms. The van der Waals surface area contributed by atoms with Crippen LogP contribution >= 0.6 is 0 Å². The average Bonchev–Trinajstić information content (AvgIpc) is 2.58. The van der Waals surface area contributed by atoms with Crippen LogP contribution in [-0.4, -0.2) is 46.9 Å². The minimum absolute atomic E-state index is 0.0754. The molecule has 0 unspecified atom stereocenters. The Kier molecular flexibility index (Phi) is 12.8. The van der Waals surface area contributed by atoms with Crippen LogP contribution in [0, 0.1) is 0 Å². The summed E-state index contributed by atoms with van der Waals surface area (Å²) in [5.41, 5.74) is 0. The Bertz CT molecular complexity index is 412. The third-order valence-corrected chi connectivity index (χ3v) is 4.58. The van der Waals surface area contributed by atoms with Crippen LogP contribution in [0.2, 0.25) is 0 Å². The van der Waals surface area contributed by atoms with Crippen molar-refractivity contribution in [3.63, 3.8) is 0 Å². The summed E-state index contributed by atoms with van der Waals surface area (Å²) in [5, 5.41) is 11.2. The minimum Gasteiger partial charge on any atom is -0.480 e. The predicted octanol–water partition coefficient (Wildman–Crippen LogP) is 3.34. The van der Waals surface area contributed by atoms with Gasteiger partial charge in [-0.2, -0.15) is 0 Å².